The fraction of sp³-hybridized carbons (Fsp3) is 0.333. The molecule has 2 aromatic carbocycles. The minimum Gasteiger partial charge on any atom is -0.376 e. The van der Waals surface area contributed by atoms with Crippen molar-refractivity contribution in [3.63, 3.8) is 0 Å². The number of rotatable bonds is 6. The van der Waals surface area contributed by atoms with Crippen LogP contribution in [0, 0.1) is 0 Å². The predicted molar refractivity (Wildman–Crippen MR) is 83.5 cm³/mol. The molecule has 0 aliphatic rings. The summed E-state index contributed by atoms with van der Waals surface area (Å²) in [4.78, 5) is 0. The van der Waals surface area contributed by atoms with E-state index in [9.17, 15) is 0 Å². The highest BCUT2D eigenvalue weighted by Crippen LogP contribution is 2.17. The Labute approximate surface area is 121 Å². The van der Waals surface area contributed by atoms with Crippen LogP contribution in [0.3, 0.4) is 0 Å². The van der Waals surface area contributed by atoms with E-state index in [0.717, 1.165) is 18.6 Å². The molecule has 20 heavy (non-hydrogen) atoms. The fourth-order valence-electron chi connectivity index (χ4n) is 2.06. The molecule has 2 rings (SSSR count). The maximum absolute atomic E-state index is 6.07. The number of hydrogen-bond donors (Lipinski definition) is 1. The lowest BCUT2D eigenvalue weighted by Crippen LogP contribution is -2.28. The van der Waals surface area contributed by atoms with Crippen LogP contribution in [0.5, 0.6) is 0 Å². The highest BCUT2D eigenvalue weighted by Gasteiger charge is 2.12. The molecule has 2 heteroatoms. The molecule has 0 bridgehead atoms. The van der Waals surface area contributed by atoms with Gasteiger partial charge in [-0.1, -0.05) is 54.6 Å². The Morgan fingerprint density at radius 1 is 0.900 bits per heavy atom. The van der Waals surface area contributed by atoms with Gasteiger partial charge in [-0.3, -0.25) is 0 Å². The largest absolute Gasteiger partial charge is 0.376 e. The highest BCUT2D eigenvalue weighted by atomic mass is 16.5. The van der Waals surface area contributed by atoms with Crippen LogP contribution in [-0.4, -0.2) is 6.61 Å². The van der Waals surface area contributed by atoms with Crippen LogP contribution in [0.15, 0.2) is 54.6 Å². The fourth-order valence-corrected chi connectivity index (χ4v) is 2.06. The van der Waals surface area contributed by atoms with Gasteiger partial charge < -0.3 is 10.5 Å². The maximum Gasteiger partial charge on any atom is 0.0717 e. The number of benzene rings is 2. The van der Waals surface area contributed by atoms with E-state index < -0.39 is 0 Å². The quantitative estimate of drug-likeness (QED) is 0.813. The third-order valence-electron chi connectivity index (χ3n) is 3.34. The molecule has 0 aromatic heterocycles. The van der Waals surface area contributed by atoms with Gasteiger partial charge in [-0.2, -0.15) is 0 Å². The SMILES string of the molecule is CC(C)(N)c1ccc(CCOCc2ccccc2)cc1. The van der Waals surface area contributed by atoms with Crippen LogP contribution in [0.4, 0.5) is 0 Å². The second kappa shape index (κ2) is 6.69. The molecular weight excluding hydrogens is 246 g/mol. The van der Waals surface area contributed by atoms with E-state index in [4.69, 9.17) is 10.5 Å². The maximum atomic E-state index is 6.07. The number of nitrogens with two attached hydrogens (primary N) is 1. The average Bonchev–Trinajstić information content (AvgIpc) is 2.44. The van der Waals surface area contributed by atoms with Crippen LogP contribution in [0.1, 0.15) is 30.5 Å². The van der Waals surface area contributed by atoms with Gasteiger partial charge in [0.05, 0.1) is 13.2 Å². The molecule has 106 valence electrons. The Morgan fingerprint density at radius 2 is 1.55 bits per heavy atom. The molecule has 0 saturated heterocycles. The van der Waals surface area contributed by atoms with Gasteiger partial charge in [0.2, 0.25) is 0 Å². The van der Waals surface area contributed by atoms with E-state index in [1.165, 1.54) is 11.1 Å². The lowest BCUT2D eigenvalue weighted by molar-refractivity contribution is 0.124. The van der Waals surface area contributed by atoms with E-state index in [2.05, 4.69) is 36.4 Å². The lowest BCUT2D eigenvalue weighted by atomic mass is 9.94. The van der Waals surface area contributed by atoms with Crippen LogP contribution in [0.2, 0.25) is 0 Å². The molecule has 2 nitrogen and oxygen atoms in total. The number of ether oxygens (including phenoxy) is 1. The standard InChI is InChI=1S/C18H23NO/c1-18(2,19)17-10-8-15(9-11-17)12-13-20-14-16-6-4-3-5-7-16/h3-11H,12-14,19H2,1-2H3. The van der Waals surface area contributed by atoms with Crippen molar-refractivity contribution in [2.75, 3.05) is 6.61 Å². The Kier molecular flexibility index (Phi) is 4.94. The van der Waals surface area contributed by atoms with Crippen molar-refractivity contribution >= 4 is 0 Å². The van der Waals surface area contributed by atoms with Gasteiger partial charge in [-0.25, -0.2) is 0 Å². The average molecular weight is 269 g/mol. The van der Waals surface area contributed by atoms with Crippen LogP contribution >= 0.6 is 0 Å². The summed E-state index contributed by atoms with van der Waals surface area (Å²) in [6.45, 7) is 5.45. The van der Waals surface area contributed by atoms with Crippen molar-refractivity contribution in [1.82, 2.24) is 0 Å². The summed E-state index contributed by atoms with van der Waals surface area (Å²) in [5.74, 6) is 0. The Hall–Kier alpha value is -1.64. The zero-order valence-electron chi connectivity index (χ0n) is 12.3. The minimum absolute atomic E-state index is 0.275. The van der Waals surface area contributed by atoms with Crippen molar-refractivity contribution in [3.05, 3.63) is 71.3 Å². The molecule has 2 aromatic rings. The summed E-state index contributed by atoms with van der Waals surface area (Å²) in [5.41, 5.74) is 9.45. The molecule has 0 saturated carbocycles. The van der Waals surface area contributed by atoms with Gasteiger partial charge in [0, 0.05) is 5.54 Å². The first-order chi connectivity index (χ1) is 9.55. The molecule has 0 fully saturated rings. The van der Waals surface area contributed by atoms with E-state index in [0.29, 0.717) is 6.61 Å². The van der Waals surface area contributed by atoms with Gasteiger partial charge in [-0.05, 0) is 37.0 Å². The van der Waals surface area contributed by atoms with E-state index in [1.54, 1.807) is 0 Å². The smallest absolute Gasteiger partial charge is 0.0717 e. The van der Waals surface area contributed by atoms with E-state index >= 15 is 0 Å². The highest BCUT2D eigenvalue weighted by molar-refractivity contribution is 5.27. The molecule has 2 N–H and O–H groups in total. The Balaban J connectivity index is 1.77. The van der Waals surface area contributed by atoms with Crippen molar-refractivity contribution in [3.8, 4) is 0 Å². The third kappa shape index (κ3) is 4.48. The summed E-state index contributed by atoms with van der Waals surface area (Å²) in [6.07, 6.45) is 0.929. The second-order valence-electron chi connectivity index (χ2n) is 5.71. The molecule has 0 aliphatic carbocycles. The van der Waals surface area contributed by atoms with Gasteiger partial charge in [-0.15, -0.1) is 0 Å². The third-order valence-corrected chi connectivity index (χ3v) is 3.34. The topological polar surface area (TPSA) is 35.2 Å². The van der Waals surface area contributed by atoms with E-state index in [1.807, 2.05) is 32.0 Å². The molecule has 0 unspecified atom stereocenters. The van der Waals surface area contributed by atoms with Gasteiger partial charge in [0.1, 0.15) is 0 Å². The molecule has 0 radical (unpaired) electrons. The van der Waals surface area contributed by atoms with Crippen molar-refractivity contribution in [1.29, 1.82) is 0 Å². The van der Waals surface area contributed by atoms with Crippen molar-refractivity contribution < 1.29 is 4.74 Å². The Bertz CT molecular complexity index is 511. The summed E-state index contributed by atoms with van der Waals surface area (Å²) in [6, 6.07) is 18.7. The minimum atomic E-state index is -0.275. The Morgan fingerprint density at radius 3 is 2.15 bits per heavy atom. The predicted octanol–water partition coefficient (Wildman–Crippen LogP) is 3.64. The first kappa shape index (κ1) is 14.8. The second-order valence-corrected chi connectivity index (χ2v) is 5.71. The lowest BCUT2D eigenvalue weighted by Gasteiger charge is -2.19. The van der Waals surface area contributed by atoms with Crippen molar-refractivity contribution in [2.24, 2.45) is 5.73 Å². The van der Waals surface area contributed by atoms with Gasteiger partial charge in [0.25, 0.3) is 0 Å². The van der Waals surface area contributed by atoms with Gasteiger partial charge in [0.15, 0.2) is 0 Å². The summed E-state index contributed by atoms with van der Waals surface area (Å²) >= 11 is 0. The van der Waals surface area contributed by atoms with Gasteiger partial charge >= 0.3 is 0 Å². The molecular formula is C18H23NO. The summed E-state index contributed by atoms with van der Waals surface area (Å²) in [5, 5.41) is 0. The summed E-state index contributed by atoms with van der Waals surface area (Å²) in [7, 11) is 0. The van der Waals surface area contributed by atoms with Crippen LogP contribution in [-0.2, 0) is 23.3 Å². The first-order valence-electron chi connectivity index (χ1n) is 7.06. The zero-order valence-corrected chi connectivity index (χ0v) is 12.3. The molecule has 0 spiro atoms. The zero-order chi connectivity index (χ0) is 14.4. The van der Waals surface area contributed by atoms with Crippen molar-refractivity contribution in [2.45, 2.75) is 32.4 Å². The van der Waals surface area contributed by atoms with Crippen LogP contribution in [0.25, 0.3) is 0 Å². The molecule has 0 aliphatic heterocycles. The normalized spacial score (nSPS) is 11.6. The molecule has 0 heterocycles. The monoisotopic (exact) mass is 269 g/mol. The van der Waals surface area contributed by atoms with E-state index in [-0.39, 0.29) is 5.54 Å². The molecule has 0 atom stereocenters. The molecule has 0 amide bonds. The number of hydrogen-bond acceptors (Lipinski definition) is 2. The van der Waals surface area contributed by atoms with Crippen LogP contribution < -0.4 is 5.73 Å². The summed E-state index contributed by atoms with van der Waals surface area (Å²) < 4.78 is 5.70. The first-order valence-corrected chi connectivity index (χ1v) is 7.06.